The van der Waals surface area contributed by atoms with E-state index in [-0.39, 0.29) is 11.4 Å². The number of methoxy groups -OCH3 is 1. The summed E-state index contributed by atoms with van der Waals surface area (Å²) in [5, 5.41) is 0. The van der Waals surface area contributed by atoms with Crippen molar-refractivity contribution in [2.24, 2.45) is 5.41 Å². The summed E-state index contributed by atoms with van der Waals surface area (Å²) in [6, 6.07) is 0. The van der Waals surface area contributed by atoms with Gasteiger partial charge in [-0.2, -0.15) is 0 Å². The van der Waals surface area contributed by atoms with Crippen LogP contribution in [-0.2, 0) is 19.0 Å². The molecule has 82 valence electrons. The third kappa shape index (κ3) is 2.96. The molecule has 1 aliphatic heterocycles. The van der Waals surface area contributed by atoms with E-state index in [1.165, 1.54) is 0 Å². The summed E-state index contributed by atoms with van der Waals surface area (Å²) in [5.74, 6) is -0.188. The Labute approximate surface area is 84.5 Å². The van der Waals surface area contributed by atoms with Crippen molar-refractivity contribution >= 4 is 5.97 Å². The van der Waals surface area contributed by atoms with Gasteiger partial charge in [0.15, 0.2) is 0 Å². The van der Waals surface area contributed by atoms with Gasteiger partial charge in [-0.05, 0) is 6.42 Å². The summed E-state index contributed by atoms with van der Waals surface area (Å²) >= 11 is 0. The van der Waals surface area contributed by atoms with Crippen molar-refractivity contribution in [3.05, 3.63) is 0 Å². The minimum atomic E-state index is -0.188. The van der Waals surface area contributed by atoms with Crippen LogP contribution in [-0.4, -0.2) is 39.5 Å². The molecular weight excluding hydrogens is 184 g/mol. The zero-order valence-electron chi connectivity index (χ0n) is 8.88. The van der Waals surface area contributed by atoms with Crippen molar-refractivity contribution in [1.29, 1.82) is 0 Å². The Morgan fingerprint density at radius 1 is 1.50 bits per heavy atom. The molecule has 0 spiro atoms. The van der Waals surface area contributed by atoms with Crippen molar-refractivity contribution in [2.75, 3.05) is 33.5 Å². The van der Waals surface area contributed by atoms with Crippen LogP contribution in [0.5, 0.6) is 0 Å². The van der Waals surface area contributed by atoms with Crippen LogP contribution in [0.4, 0.5) is 0 Å². The maximum atomic E-state index is 11.2. The largest absolute Gasteiger partial charge is 0.465 e. The fraction of sp³-hybridized carbons (Fsp3) is 0.900. The summed E-state index contributed by atoms with van der Waals surface area (Å²) in [6.45, 7) is 4.41. The molecule has 1 rings (SSSR count). The lowest BCUT2D eigenvalue weighted by Gasteiger charge is -2.39. The van der Waals surface area contributed by atoms with Crippen LogP contribution < -0.4 is 0 Å². The van der Waals surface area contributed by atoms with Crippen molar-refractivity contribution in [3.63, 3.8) is 0 Å². The Morgan fingerprint density at radius 3 is 2.64 bits per heavy atom. The molecular formula is C10H18O4. The lowest BCUT2D eigenvalue weighted by atomic mass is 9.84. The molecule has 14 heavy (non-hydrogen) atoms. The maximum absolute atomic E-state index is 11.2. The van der Waals surface area contributed by atoms with Crippen molar-refractivity contribution in [3.8, 4) is 0 Å². The van der Waals surface area contributed by atoms with E-state index < -0.39 is 0 Å². The van der Waals surface area contributed by atoms with E-state index in [4.69, 9.17) is 14.2 Å². The first-order valence-electron chi connectivity index (χ1n) is 4.95. The highest BCUT2D eigenvalue weighted by atomic mass is 16.5. The fourth-order valence-electron chi connectivity index (χ4n) is 1.27. The number of ether oxygens (including phenoxy) is 3. The quantitative estimate of drug-likeness (QED) is 0.602. The van der Waals surface area contributed by atoms with Gasteiger partial charge in [0, 0.05) is 7.11 Å². The van der Waals surface area contributed by atoms with Gasteiger partial charge >= 0.3 is 5.97 Å². The highest BCUT2D eigenvalue weighted by molar-refractivity contribution is 5.69. The van der Waals surface area contributed by atoms with Gasteiger partial charge in [0.05, 0.1) is 31.7 Å². The third-order valence-corrected chi connectivity index (χ3v) is 2.62. The molecule has 1 fully saturated rings. The van der Waals surface area contributed by atoms with Crippen LogP contribution in [0, 0.1) is 5.41 Å². The SMILES string of the molecule is CCC1(COC(=O)CCOC)COC1. The normalized spacial score (nSPS) is 18.7. The lowest BCUT2D eigenvalue weighted by Crippen LogP contribution is -2.46. The molecule has 0 aliphatic carbocycles. The van der Waals surface area contributed by atoms with E-state index in [2.05, 4.69) is 6.92 Å². The molecule has 4 nitrogen and oxygen atoms in total. The van der Waals surface area contributed by atoms with Crippen LogP contribution in [0.3, 0.4) is 0 Å². The Balaban J connectivity index is 2.15. The molecule has 0 radical (unpaired) electrons. The zero-order chi connectivity index (χ0) is 10.4. The average Bonchev–Trinajstić information content (AvgIpc) is 2.14. The number of rotatable bonds is 6. The molecule has 1 aliphatic rings. The van der Waals surface area contributed by atoms with Crippen LogP contribution >= 0.6 is 0 Å². The van der Waals surface area contributed by atoms with Gasteiger partial charge in [0.25, 0.3) is 0 Å². The molecule has 4 heteroatoms. The molecule has 0 amide bonds. The molecule has 0 N–H and O–H groups in total. The van der Waals surface area contributed by atoms with Crippen molar-refractivity contribution in [2.45, 2.75) is 19.8 Å². The predicted octanol–water partition coefficient (Wildman–Crippen LogP) is 0.993. The Morgan fingerprint density at radius 2 is 2.21 bits per heavy atom. The summed E-state index contributed by atoms with van der Waals surface area (Å²) in [6.07, 6.45) is 1.32. The first-order valence-corrected chi connectivity index (χ1v) is 4.95. The summed E-state index contributed by atoms with van der Waals surface area (Å²) in [4.78, 5) is 11.2. The highest BCUT2D eigenvalue weighted by Gasteiger charge is 2.38. The van der Waals surface area contributed by atoms with E-state index >= 15 is 0 Å². The molecule has 0 bridgehead atoms. The number of carbonyl (C=O) groups excluding carboxylic acids is 1. The average molecular weight is 202 g/mol. The van der Waals surface area contributed by atoms with E-state index in [1.54, 1.807) is 7.11 Å². The van der Waals surface area contributed by atoms with Gasteiger partial charge in [-0.3, -0.25) is 4.79 Å². The standard InChI is InChI=1S/C10H18O4/c1-3-10(6-13-7-10)8-14-9(11)4-5-12-2/h3-8H2,1-2H3. The van der Waals surface area contributed by atoms with Gasteiger partial charge in [-0.25, -0.2) is 0 Å². The summed E-state index contributed by atoms with van der Waals surface area (Å²) in [7, 11) is 1.57. The maximum Gasteiger partial charge on any atom is 0.308 e. The second-order valence-corrected chi connectivity index (χ2v) is 3.75. The summed E-state index contributed by atoms with van der Waals surface area (Å²) < 4.78 is 15.1. The van der Waals surface area contributed by atoms with Crippen molar-refractivity contribution < 1.29 is 19.0 Å². The first kappa shape index (κ1) is 11.5. The molecule has 0 aromatic heterocycles. The predicted molar refractivity (Wildman–Crippen MR) is 51.0 cm³/mol. The van der Waals surface area contributed by atoms with Crippen molar-refractivity contribution in [1.82, 2.24) is 0 Å². The Bertz CT molecular complexity index is 181. The zero-order valence-corrected chi connectivity index (χ0v) is 8.88. The smallest absolute Gasteiger partial charge is 0.308 e. The number of hydrogen-bond acceptors (Lipinski definition) is 4. The second kappa shape index (κ2) is 5.32. The lowest BCUT2D eigenvalue weighted by molar-refractivity contribution is -0.171. The number of carbonyl (C=O) groups is 1. The third-order valence-electron chi connectivity index (χ3n) is 2.62. The first-order chi connectivity index (χ1) is 6.72. The van der Waals surface area contributed by atoms with Crippen LogP contribution in [0.1, 0.15) is 19.8 Å². The van der Waals surface area contributed by atoms with Gasteiger partial charge in [-0.1, -0.05) is 6.92 Å². The molecule has 0 atom stereocenters. The minimum absolute atomic E-state index is 0.0860. The second-order valence-electron chi connectivity index (χ2n) is 3.75. The molecule has 0 unspecified atom stereocenters. The van der Waals surface area contributed by atoms with Gasteiger partial charge in [0.1, 0.15) is 6.61 Å². The Hall–Kier alpha value is -0.610. The topological polar surface area (TPSA) is 44.8 Å². The number of esters is 1. The van der Waals surface area contributed by atoms with E-state index in [0.717, 1.165) is 6.42 Å². The van der Waals surface area contributed by atoms with E-state index in [9.17, 15) is 4.79 Å². The molecule has 0 aromatic rings. The highest BCUT2D eigenvalue weighted by Crippen LogP contribution is 2.31. The van der Waals surface area contributed by atoms with Crippen LogP contribution in [0.2, 0.25) is 0 Å². The van der Waals surface area contributed by atoms with Gasteiger partial charge < -0.3 is 14.2 Å². The van der Waals surface area contributed by atoms with E-state index in [0.29, 0.717) is 32.8 Å². The fourth-order valence-corrected chi connectivity index (χ4v) is 1.27. The Kier molecular flexibility index (Phi) is 4.35. The van der Waals surface area contributed by atoms with Gasteiger partial charge in [-0.15, -0.1) is 0 Å². The van der Waals surface area contributed by atoms with E-state index in [1.807, 2.05) is 0 Å². The number of hydrogen-bond donors (Lipinski definition) is 0. The monoisotopic (exact) mass is 202 g/mol. The molecule has 0 saturated carbocycles. The van der Waals surface area contributed by atoms with Crippen LogP contribution in [0.15, 0.2) is 0 Å². The van der Waals surface area contributed by atoms with Crippen LogP contribution in [0.25, 0.3) is 0 Å². The molecule has 0 aromatic carbocycles. The molecule has 1 heterocycles. The van der Waals surface area contributed by atoms with Gasteiger partial charge in [0.2, 0.25) is 0 Å². The summed E-state index contributed by atoms with van der Waals surface area (Å²) in [5.41, 5.74) is 0.0860. The minimum Gasteiger partial charge on any atom is -0.465 e. The molecule has 1 saturated heterocycles.